The van der Waals surface area contributed by atoms with Crippen molar-refractivity contribution in [3.05, 3.63) is 59.7 Å². The zero-order valence-electron chi connectivity index (χ0n) is 13.6. The normalized spacial score (nSPS) is 17.1. The Bertz CT molecular complexity index is 880. The summed E-state index contributed by atoms with van der Waals surface area (Å²) >= 11 is 0. The van der Waals surface area contributed by atoms with Crippen LogP contribution in [0.2, 0.25) is 0 Å². The molecular formula is C18H20N2O4S. The van der Waals surface area contributed by atoms with Crippen molar-refractivity contribution >= 4 is 15.9 Å². The minimum atomic E-state index is -3.83. The molecule has 1 aliphatic rings. The van der Waals surface area contributed by atoms with Gasteiger partial charge in [0.15, 0.2) is 0 Å². The van der Waals surface area contributed by atoms with E-state index in [-0.39, 0.29) is 22.3 Å². The number of fused-ring (bicyclic) bond motifs is 1. The van der Waals surface area contributed by atoms with E-state index in [1.807, 2.05) is 24.3 Å². The maximum absolute atomic E-state index is 12.3. The van der Waals surface area contributed by atoms with Gasteiger partial charge in [-0.05, 0) is 48.6 Å². The summed E-state index contributed by atoms with van der Waals surface area (Å²) in [5.41, 5.74) is 1.41. The van der Waals surface area contributed by atoms with Crippen molar-refractivity contribution in [1.82, 2.24) is 5.32 Å². The molecule has 25 heavy (non-hydrogen) atoms. The third kappa shape index (κ3) is 4.37. The highest BCUT2D eigenvalue weighted by molar-refractivity contribution is 7.89. The molecule has 0 saturated carbocycles. The second kappa shape index (κ2) is 7.25. The van der Waals surface area contributed by atoms with Crippen LogP contribution in [-0.4, -0.2) is 27.5 Å². The third-order valence-electron chi connectivity index (χ3n) is 4.24. The van der Waals surface area contributed by atoms with Crippen molar-refractivity contribution < 1.29 is 17.9 Å². The molecule has 1 atom stereocenters. The van der Waals surface area contributed by atoms with Crippen LogP contribution in [0, 0.1) is 5.92 Å². The van der Waals surface area contributed by atoms with E-state index in [1.165, 1.54) is 18.2 Å². The summed E-state index contributed by atoms with van der Waals surface area (Å²) in [5.74, 6) is 0.843. The number of sulfonamides is 1. The van der Waals surface area contributed by atoms with E-state index < -0.39 is 10.0 Å². The first kappa shape index (κ1) is 17.4. The summed E-state index contributed by atoms with van der Waals surface area (Å²) in [5, 5.41) is 7.98. The predicted octanol–water partition coefficient (Wildman–Crippen LogP) is 1.71. The number of benzene rings is 2. The van der Waals surface area contributed by atoms with Crippen LogP contribution in [0.3, 0.4) is 0 Å². The van der Waals surface area contributed by atoms with Gasteiger partial charge in [-0.1, -0.05) is 24.3 Å². The minimum Gasteiger partial charge on any atom is -0.493 e. The molecule has 2 aromatic carbocycles. The molecule has 1 aliphatic heterocycles. The van der Waals surface area contributed by atoms with Crippen LogP contribution in [0.4, 0.5) is 0 Å². The van der Waals surface area contributed by atoms with Gasteiger partial charge < -0.3 is 10.1 Å². The molecule has 1 unspecified atom stereocenters. The first-order valence-electron chi connectivity index (χ1n) is 8.05. The Kier molecular flexibility index (Phi) is 5.06. The van der Waals surface area contributed by atoms with E-state index >= 15 is 0 Å². The maximum atomic E-state index is 12.3. The Labute approximate surface area is 147 Å². The average Bonchev–Trinajstić information content (AvgIpc) is 2.81. The molecule has 0 fully saturated rings. The van der Waals surface area contributed by atoms with Crippen molar-refractivity contribution in [2.75, 3.05) is 13.2 Å². The molecule has 0 bridgehead atoms. The zero-order valence-corrected chi connectivity index (χ0v) is 14.5. The molecule has 2 aromatic rings. The van der Waals surface area contributed by atoms with Gasteiger partial charge in [-0.25, -0.2) is 13.6 Å². The van der Waals surface area contributed by atoms with Crippen LogP contribution in [0.1, 0.15) is 22.3 Å². The summed E-state index contributed by atoms with van der Waals surface area (Å²) in [6, 6.07) is 13.6. The molecular weight excluding hydrogens is 340 g/mol. The Hall–Kier alpha value is -2.38. The Morgan fingerprint density at radius 2 is 2.00 bits per heavy atom. The number of hydrogen-bond donors (Lipinski definition) is 2. The number of rotatable bonds is 4. The fourth-order valence-electron chi connectivity index (χ4n) is 2.89. The van der Waals surface area contributed by atoms with Crippen molar-refractivity contribution in [3.63, 3.8) is 0 Å². The Balaban J connectivity index is 1.65. The Morgan fingerprint density at radius 1 is 1.20 bits per heavy atom. The number of amides is 1. The lowest BCUT2D eigenvalue weighted by Crippen LogP contribution is -2.30. The lowest BCUT2D eigenvalue weighted by molar-refractivity contribution is 0.0945. The molecule has 3 N–H and O–H groups in total. The quantitative estimate of drug-likeness (QED) is 0.867. The molecule has 1 amide bonds. The van der Waals surface area contributed by atoms with Gasteiger partial charge in [-0.2, -0.15) is 0 Å². The summed E-state index contributed by atoms with van der Waals surface area (Å²) in [6.45, 7) is 1.11. The van der Waals surface area contributed by atoms with Crippen LogP contribution in [0.25, 0.3) is 0 Å². The van der Waals surface area contributed by atoms with Crippen LogP contribution >= 0.6 is 0 Å². The maximum Gasteiger partial charge on any atom is 0.251 e. The zero-order chi connectivity index (χ0) is 17.9. The van der Waals surface area contributed by atoms with Crippen LogP contribution < -0.4 is 15.2 Å². The van der Waals surface area contributed by atoms with Crippen molar-refractivity contribution in [3.8, 4) is 5.75 Å². The van der Waals surface area contributed by atoms with Gasteiger partial charge in [0.05, 0.1) is 11.5 Å². The van der Waals surface area contributed by atoms with Gasteiger partial charge in [0, 0.05) is 12.1 Å². The van der Waals surface area contributed by atoms with Gasteiger partial charge >= 0.3 is 0 Å². The fraction of sp³-hybridized carbons (Fsp3) is 0.278. The van der Waals surface area contributed by atoms with E-state index in [0.29, 0.717) is 13.2 Å². The molecule has 7 heteroatoms. The molecule has 0 aliphatic carbocycles. The summed E-state index contributed by atoms with van der Waals surface area (Å²) in [4.78, 5) is 12.2. The second-order valence-corrected chi connectivity index (χ2v) is 7.66. The van der Waals surface area contributed by atoms with Gasteiger partial charge in [0.2, 0.25) is 10.0 Å². The molecule has 0 radical (unpaired) electrons. The van der Waals surface area contributed by atoms with E-state index in [9.17, 15) is 13.2 Å². The van der Waals surface area contributed by atoms with Gasteiger partial charge in [-0.15, -0.1) is 0 Å². The topological polar surface area (TPSA) is 98.5 Å². The number of nitrogens with two attached hydrogens (primary N) is 1. The van der Waals surface area contributed by atoms with Crippen molar-refractivity contribution in [2.24, 2.45) is 11.1 Å². The molecule has 3 rings (SSSR count). The predicted molar refractivity (Wildman–Crippen MR) is 93.9 cm³/mol. The standard InChI is InChI=1S/C18H20N2O4S/c19-25(22,23)16-6-3-5-15(11-16)18(21)20-12-13-8-9-24-17-7-2-1-4-14(17)10-13/h1-7,11,13H,8-10,12H2,(H,20,21)(H2,19,22,23). The van der Waals surface area contributed by atoms with Gasteiger partial charge in [-0.3, -0.25) is 4.79 Å². The second-order valence-electron chi connectivity index (χ2n) is 6.10. The fourth-order valence-corrected chi connectivity index (χ4v) is 3.45. The van der Waals surface area contributed by atoms with Crippen LogP contribution in [0.15, 0.2) is 53.4 Å². The highest BCUT2D eigenvalue weighted by Crippen LogP contribution is 2.26. The number of nitrogens with one attached hydrogen (secondary N) is 1. The van der Waals surface area contributed by atoms with Gasteiger partial charge in [0.25, 0.3) is 5.91 Å². The number of carbonyl (C=O) groups is 1. The molecule has 0 saturated heterocycles. The first-order chi connectivity index (χ1) is 11.9. The number of para-hydroxylation sites is 1. The highest BCUT2D eigenvalue weighted by Gasteiger charge is 2.19. The first-order valence-corrected chi connectivity index (χ1v) is 9.60. The third-order valence-corrected chi connectivity index (χ3v) is 5.15. The number of carbonyl (C=O) groups excluding carboxylic acids is 1. The SMILES string of the molecule is NS(=O)(=O)c1cccc(C(=O)NCC2CCOc3ccccc3C2)c1. The van der Waals surface area contributed by atoms with Crippen molar-refractivity contribution in [1.29, 1.82) is 0 Å². The number of ether oxygens (including phenoxy) is 1. The van der Waals surface area contributed by atoms with Crippen LogP contribution in [-0.2, 0) is 16.4 Å². The monoisotopic (exact) mass is 360 g/mol. The molecule has 6 nitrogen and oxygen atoms in total. The molecule has 1 heterocycles. The van der Waals surface area contributed by atoms with Crippen molar-refractivity contribution in [2.45, 2.75) is 17.7 Å². The van der Waals surface area contributed by atoms with Crippen LogP contribution in [0.5, 0.6) is 5.75 Å². The number of primary sulfonamides is 1. The average molecular weight is 360 g/mol. The Morgan fingerprint density at radius 3 is 2.80 bits per heavy atom. The minimum absolute atomic E-state index is 0.0723. The lowest BCUT2D eigenvalue weighted by atomic mass is 9.97. The lowest BCUT2D eigenvalue weighted by Gasteiger charge is -2.15. The summed E-state index contributed by atoms with van der Waals surface area (Å²) in [6.07, 6.45) is 1.67. The highest BCUT2D eigenvalue weighted by atomic mass is 32.2. The van der Waals surface area contributed by atoms with E-state index in [4.69, 9.17) is 9.88 Å². The van der Waals surface area contributed by atoms with E-state index in [2.05, 4.69) is 5.32 Å². The summed E-state index contributed by atoms with van der Waals surface area (Å²) < 4.78 is 28.5. The van der Waals surface area contributed by atoms with E-state index in [0.717, 1.165) is 24.2 Å². The molecule has 132 valence electrons. The molecule has 0 spiro atoms. The van der Waals surface area contributed by atoms with Gasteiger partial charge in [0.1, 0.15) is 5.75 Å². The largest absolute Gasteiger partial charge is 0.493 e. The number of hydrogen-bond acceptors (Lipinski definition) is 4. The van der Waals surface area contributed by atoms with E-state index in [1.54, 1.807) is 6.07 Å². The smallest absolute Gasteiger partial charge is 0.251 e. The summed E-state index contributed by atoms with van der Waals surface area (Å²) in [7, 11) is -3.83. The molecule has 0 aromatic heterocycles.